The van der Waals surface area contributed by atoms with Crippen LogP contribution in [0.4, 0.5) is 0 Å². The fourth-order valence-corrected chi connectivity index (χ4v) is 5.45. The maximum atomic E-state index is 6.71. The second kappa shape index (κ2) is 13.4. The first kappa shape index (κ1) is 30.7. The summed E-state index contributed by atoms with van der Waals surface area (Å²) in [5.74, 6) is 2.15. The Morgan fingerprint density at radius 2 is 1.35 bits per heavy atom. The minimum atomic E-state index is -1.22. The van der Waals surface area contributed by atoms with E-state index < -0.39 is 5.79 Å². The third-order valence-electron chi connectivity index (χ3n) is 7.50. The standard InChI is InChI=1S/C37H39N7O2/c1-5-24-37(45-29-14-8-6-9-15-29,46-30-16-10-7-11-17-30)35-38-33(44(41-35)26-36(2,3)4)25-27-20-22-28(23-21-27)31-18-12-13-19-32(31)34-39-42-43-40-34/h6-23H,5,24-26H2,1-4H3,(H,39,40,42,43). The van der Waals surface area contributed by atoms with Crippen LogP contribution in [-0.4, -0.2) is 35.4 Å². The zero-order valence-electron chi connectivity index (χ0n) is 26.7. The second-order valence-corrected chi connectivity index (χ2v) is 12.6. The van der Waals surface area contributed by atoms with Crippen molar-refractivity contribution >= 4 is 0 Å². The first-order valence-electron chi connectivity index (χ1n) is 15.7. The second-order valence-electron chi connectivity index (χ2n) is 12.6. The number of aromatic nitrogens is 7. The number of tetrazole rings is 1. The van der Waals surface area contributed by atoms with Gasteiger partial charge in [0.15, 0.2) is 5.82 Å². The van der Waals surface area contributed by atoms with Crippen LogP contribution in [-0.2, 0) is 18.8 Å². The van der Waals surface area contributed by atoms with E-state index in [1.54, 1.807) is 0 Å². The van der Waals surface area contributed by atoms with Gasteiger partial charge in [0.2, 0.25) is 5.82 Å². The molecule has 234 valence electrons. The van der Waals surface area contributed by atoms with Crippen LogP contribution in [0, 0.1) is 5.41 Å². The number of benzene rings is 4. The Kier molecular flexibility index (Phi) is 8.92. The fourth-order valence-electron chi connectivity index (χ4n) is 5.45. The molecule has 0 aliphatic heterocycles. The maximum Gasteiger partial charge on any atom is 0.314 e. The lowest BCUT2D eigenvalue weighted by Crippen LogP contribution is -2.41. The SMILES string of the molecule is CCCC(Oc1ccccc1)(Oc1ccccc1)c1nc(Cc2ccc(-c3ccccc3-c3nnn[nH]3)cc2)n(CC(C)(C)C)n1. The number of H-pyrrole nitrogens is 1. The van der Waals surface area contributed by atoms with Crippen molar-refractivity contribution in [3.05, 3.63) is 126 Å². The summed E-state index contributed by atoms with van der Waals surface area (Å²) >= 11 is 0. The van der Waals surface area contributed by atoms with Crippen LogP contribution in [0.3, 0.4) is 0 Å². The molecule has 0 aliphatic carbocycles. The Bertz CT molecular complexity index is 1790. The molecule has 2 heterocycles. The lowest BCUT2D eigenvalue weighted by Gasteiger charge is -2.32. The summed E-state index contributed by atoms with van der Waals surface area (Å²) in [5, 5.41) is 19.6. The maximum absolute atomic E-state index is 6.71. The number of nitrogens with zero attached hydrogens (tertiary/aromatic N) is 6. The van der Waals surface area contributed by atoms with Crippen LogP contribution in [0.25, 0.3) is 22.5 Å². The summed E-state index contributed by atoms with van der Waals surface area (Å²) in [6.45, 7) is 9.41. The highest BCUT2D eigenvalue weighted by Gasteiger charge is 2.42. The summed E-state index contributed by atoms with van der Waals surface area (Å²) in [4.78, 5) is 5.18. The van der Waals surface area contributed by atoms with Crippen molar-refractivity contribution in [3.63, 3.8) is 0 Å². The highest BCUT2D eigenvalue weighted by atomic mass is 16.7. The van der Waals surface area contributed by atoms with E-state index in [1.165, 1.54) is 0 Å². The third kappa shape index (κ3) is 7.15. The average Bonchev–Trinajstić information content (AvgIpc) is 3.73. The molecule has 0 saturated carbocycles. The molecule has 0 saturated heterocycles. The van der Waals surface area contributed by atoms with Crippen molar-refractivity contribution < 1.29 is 9.47 Å². The number of ether oxygens (including phenoxy) is 2. The van der Waals surface area contributed by atoms with E-state index in [0.29, 0.717) is 42.5 Å². The highest BCUT2D eigenvalue weighted by Crippen LogP contribution is 2.35. The van der Waals surface area contributed by atoms with Crippen molar-refractivity contribution in [2.24, 2.45) is 5.41 Å². The van der Waals surface area contributed by atoms with Gasteiger partial charge in [-0.2, -0.15) is 0 Å². The van der Waals surface area contributed by atoms with Gasteiger partial charge in [-0.05, 0) is 63.2 Å². The molecule has 9 heteroatoms. The number of aromatic amines is 1. The monoisotopic (exact) mass is 613 g/mol. The molecule has 0 bridgehead atoms. The molecule has 0 atom stereocenters. The van der Waals surface area contributed by atoms with Crippen LogP contribution < -0.4 is 9.47 Å². The molecule has 6 rings (SSSR count). The van der Waals surface area contributed by atoms with E-state index in [9.17, 15) is 0 Å². The molecule has 0 spiro atoms. The first-order valence-corrected chi connectivity index (χ1v) is 15.7. The summed E-state index contributed by atoms with van der Waals surface area (Å²) in [5.41, 5.74) is 4.15. The molecule has 0 aliphatic rings. The van der Waals surface area contributed by atoms with Crippen molar-refractivity contribution in [3.8, 4) is 34.0 Å². The predicted octanol–water partition coefficient (Wildman–Crippen LogP) is 7.87. The van der Waals surface area contributed by atoms with Crippen molar-refractivity contribution in [1.82, 2.24) is 35.4 Å². The zero-order chi connectivity index (χ0) is 32.0. The summed E-state index contributed by atoms with van der Waals surface area (Å²) in [6, 6.07) is 36.1. The van der Waals surface area contributed by atoms with Crippen LogP contribution in [0.5, 0.6) is 11.5 Å². The van der Waals surface area contributed by atoms with E-state index in [1.807, 2.05) is 83.5 Å². The molecule has 0 amide bonds. The minimum Gasteiger partial charge on any atom is -0.445 e. The van der Waals surface area contributed by atoms with Crippen molar-refractivity contribution in [1.29, 1.82) is 0 Å². The Labute approximate surface area is 269 Å². The number of para-hydroxylation sites is 2. The molecule has 2 aromatic heterocycles. The van der Waals surface area contributed by atoms with E-state index in [-0.39, 0.29) is 5.41 Å². The smallest absolute Gasteiger partial charge is 0.314 e. The molecule has 0 fully saturated rings. The lowest BCUT2D eigenvalue weighted by molar-refractivity contribution is -0.135. The summed E-state index contributed by atoms with van der Waals surface area (Å²) < 4.78 is 15.4. The van der Waals surface area contributed by atoms with E-state index in [4.69, 9.17) is 19.6 Å². The van der Waals surface area contributed by atoms with Crippen LogP contribution in [0.1, 0.15) is 57.7 Å². The number of hydrogen-bond donors (Lipinski definition) is 1. The van der Waals surface area contributed by atoms with Crippen LogP contribution in [0.15, 0.2) is 109 Å². The molecule has 1 N–H and O–H groups in total. The molecule has 9 nitrogen and oxygen atoms in total. The third-order valence-corrected chi connectivity index (χ3v) is 7.50. The number of hydrogen-bond acceptors (Lipinski definition) is 7. The first-order chi connectivity index (χ1) is 22.3. The van der Waals surface area contributed by atoms with Crippen molar-refractivity contribution in [2.75, 3.05) is 0 Å². The van der Waals surface area contributed by atoms with Gasteiger partial charge in [0, 0.05) is 24.9 Å². The zero-order valence-corrected chi connectivity index (χ0v) is 26.7. The van der Waals surface area contributed by atoms with Gasteiger partial charge in [0.1, 0.15) is 17.3 Å². The fraction of sp³-hybridized carbons (Fsp3) is 0.270. The molecule has 4 aromatic carbocycles. The molecule has 0 unspecified atom stereocenters. The van der Waals surface area contributed by atoms with Crippen molar-refractivity contribution in [2.45, 2.75) is 59.3 Å². The lowest BCUT2D eigenvalue weighted by atomic mass is 9.96. The van der Waals surface area contributed by atoms with E-state index in [0.717, 1.165) is 34.5 Å². The van der Waals surface area contributed by atoms with Crippen LogP contribution >= 0.6 is 0 Å². The van der Waals surface area contributed by atoms with Gasteiger partial charge >= 0.3 is 5.79 Å². The summed E-state index contributed by atoms with van der Waals surface area (Å²) in [7, 11) is 0. The molecule has 0 radical (unpaired) electrons. The largest absolute Gasteiger partial charge is 0.445 e. The predicted molar refractivity (Wildman–Crippen MR) is 178 cm³/mol. The Morgan fingerprint density at radius 1 is 0.739 bits per heavy atom. The van der Waals surface area contributed by atoms with Gasteiger partial charge in [0.25, 0.3) is 0 Å². The normalized spacial score (nSPS) is 11.8. The molecular weight excluding hydrogens is 574 g/mol. The minimum absolute atomic E-state index is 0.0309. The quantitative estimate of drug-likeness (QED) is 0.140. The number of nitrogens with one attached hydrogen (secondary N) is 1. The topological polar surface area (TPSA) is 104 Å². The van der Waals surface area contributed by atoms with Gasteiger partial charge < -0.3 is 9.47 Å². The number of rotatable bonds is 12. The van der Waals surface area contributed by atoms with Crippen LogP contribution in [0.2, 0.25) is 0 Å². The van der Waals surface area contributed by atoms with E-state index in [2.05, 4.69) is 78.7 Å². The summed E-state index contributed by atoms with van der Waals surface area (Å²) in [6.07, 6.45) is 1.95. The Morgan fingerprint density at radius 3 is 1.91 bits per heavy atom. The van der Waals surface area contributed by atoms with Gasteiger partial charge in [-0.15, -0.1) is 10.2 Å². The molecule has 6 aromatic rings. The average molecular weight is 614 g/mol. The van der Waals surface area contributed by atoms with Gasteiger partial charge in [-0.3, -0.25) is 0 Å². The Balaban J connectivity index is 1.37. The Hall–Kier alpha value is -5.31. The molecule has 46 heavy (non-hydrogen) atoms. The van der Waals surface area contributed by atoms with E-state index >= 15 is 0 Å². The highest BCUT2D eigenvalue weighted by molar-refractivity contribution is 5.80. The van der Waals surface area contributed by atoms with Gasteiger partial charge in [-0.1, -0.05) is 113 Å². The van der Waals surface area contributed by atoms with Gasteiger partial charge in [-0.25, -0.2) is 14.8 Å². The van der Waals surface area contributed by atoms with Gasteiger partial charge in [0.05, 0.1) is 0 Å². The molecular formula is C37H39N7O2.